The van der Waals surface area contributed by atoms with Gasteiger partial charge in [0.2, 0.25) is 0 Å². The smallest absolute Gasteiger partial charge is 0.302 e. The van der Waals surface area contributed by atoms with Crippen molar-refractivity contribution in [3.63, 3.8) is 0 Å². The average Bonchev–Trinajstić information content (AvgIpc) is 3.16. The first-order chi connectivity index (χ1) is 30.1. The van der Waals surface area contributed by atoms with Gasteiger partial charge in [-0.05, 0) is 212 Å². The summed E-state index contributed by atoms with van der Waals surface area (Å²) in [4.78, 5) is 26.7. The zero-order valence-electron chi connectivity index (χ0n) is 42.6. The lowest BCUT2D eigenvalue weighted by molar-refractivity contribution is 0.191. The Labute approximate surface area is 393 Å². The van der Waals surface area contributed by atoms with E-state index in [4.69, 9.17) is 9.79 Å². The molecule has 0 saturated carbocycles. The normalized spacial score (nSPS) is 15.9. The van der Waals surface area contributed by atoms with E-state index in [0.717, 1.165) is 121 Å². The molecule has 0 heterocycles. The molecule has 7 nitrogen and oxygen atoms in total. The van der Waals surface area contributed by atoms with Crippen LogP contribution in [0.3, 0.4) is 0 Å². The van der Waals surface area contributed by atoms with Crippen LogP contribution in [0, 0.1) is 0 Å². The van der Waals surface area contributed by atoms with E-state index in [1.165, 1.54) is 68.6 Å². The summed E-state index contributed by atoms with van der Waals surface area (Å²) in [6, 6.07) is 0. The van der Waals surface area contributed by atoms with Gasteiger partial charge < -0.3 is 14.7 Å². The number of hydrogen-bond donors (Lipinski definition) is 3. The predicted molar refractivity (Wildman–Crippen MR) is 278 cm³/mol. The lowest BCUT2D eigenvalue weighted by Crippen LogP contribution is -1.94. The first-order valence-electron chi connectivity index (χ1n) is 24.0. The van der Waals surface area contributed by atoms with Crippen molar-refractivity contribution >= 4 is 15.6 Å². The number of allylic oxidation sites excluding steroid dienone is 21. The van der Waals surface area contributed by atoms with Crippen LogP contribution in [0.1, 0.15) is 212 Å². The van der Waals surface area contributed by atoms with Gasteiger partial charge in [-0.15, -0.1) is 0 Å². The quantitative estimate of drug-likeness (QED) is 0.0428. The largest absolute Gasteiger partial charge is 0.481 e. The van der Waals surface area contributed by atoms with Crippen molar-refractivity contribution in [1.29, 1.82) is 0 Å². The van der Waals surface area contributed by atoms with Crippen LogP contribution in [-0.2, 0) is 18.0 Å². The molecule has 0 amide bonds. The highest BCUT2D eigenvalue weighted by molar-refractivity contribution is 7.60. The Morgan fingerprint density at radius 3 is 0.703 bits per heavy atom. The van der Waals surface area contributed by atoms with Gasteiger partial charge in [-0.25, -0.2) is 9.13 Å². The molecule has 0 aromatic heterocycles. The molecule has 0 aliphatic heterocycles. The minimum Gasteiger partial charge on any atom is -0.302 e. The van der Waals surface area contributed by atoms with E-state index in [-0.39, 0.29) is 6.61 Å². The van der Waals surface area contributed by atoms with Crippen LogP contribution in [0.25, 0.3) is 0 Å². The Morgan fingerprint density at radius 1 is 0.328 bits per heavy atom. The Hall–Kier alpha value is -2.60. The average molecular weight is 927 g/mol. The van der Waals surface area contributed by atoms with Crippen molar-refractivity contribution in [1.82, 2.24) is 0 Å². The maximum absolute atomic E-state index is 11.5. The van der Waals surface area contributed by atoms with E-state index in [9.17, 15) is 14.0 Å². The Kier molecular flexibility index (Phi) is 35.0. The summed E-state index contributed by atoms with van der Waals surface area (Å²) >= 11 is 0. The summed E-state index contributed by atoms with van der Waals surface area (Å²) in [5, 5.41) is 0. The van der Waals surface area contributed by atoms with E-state index in [2.05, 4.69) is 146 Å². The van der Waals surface area contributed by atoms with Gasteiger partial charge in [0, 0.05) is 0 Å². The topological polar surface area (TPSA) is 113 Å². The molecule has 3 N–H and O–H groups in total. The van der Waals surface area contributed by atoms with E-state index in [1.807, 2.05) is 6.92 Å². The summed E-state index contributed by atoms with van der Waals surface area (Å²) in [7, 11) is -9.92. The lowest BCUT2D eigenvalue weighted by atomic mass is 10.0. The Balaban J connectivity index is 4.31. The van der Waals surface area contributed by atoms with Crippen molar-refractivity contribution in [3.05, 3.63) is 128 Å². The third kappa shape index (κ3) is 40.9. The summed E-state index contributed by atoms with van der Waals surface area (Å²) < 4.78 is 30.6. The Bertz CT molecular complexity index is 1800. The van der Waals surface area contributed by atoms with Gasteiger partial charge >= 0.3 is 15.6 Å². The summed E-state index contributed by atoms with van der Waals surface area (Å²) in [5.41, 5.74) is 15.6. The fraction of sp³-hybridized carbons (Fsp3) is 0.600. The molecule has 9 heteroatoms. The maximum atomic E-state index is 11.5. The van der Waals surface area contributed by atoms with Crippen LogP contribution in [-0.4, -0.2) is 21.3 Å². The van der Waals surface area contributed by atoms with Gasteiger partial charge in [0.05, 0.1) is 6.61 Å². The molecular formula is C55H92O7P2. The van der Waals surface area contributed by atoms with Crippen LogP contribution >= 0.6 is 15.6 Å². The molecular weight excluding hydrogens is 835 g/mol. The van der Waals surface area contributed by atoms with Crippen LogP contribution in [0.4, 0.5) is 0 Å². The molecule has 0 bridgehead atoms. The molecule has 0 radical (unpaired) electrons. The number of phosphoric ester groups is 1. The fourth-order valence-corrected chi connectivity index (χ4v) is 8.48. The standard InChI is InChI=1S/C55H92O7P2/c1-45(2)23-13-24-46(3)25-14-26-47(4)27-15-28-48(5)29-16-30-49(6)31-17-32-50(7)33-18-34-51(8)35-19-36-52(9)37-20-38-53(10)39-21-40-54(11)41-22-42-55(12)43-44-61-64(59,60)62-63(56,57)58/h23,25,27,29,31,33,35,37,39,41,43H,13-22,24,26,28,30,32,34,36,38,40,42,44H2,1-12H3,(H,59,60)(H2,56,57,58)/b46-25+,47-27+,48-29+,49-31-,50-33-,51-35-,52-37-,53-39-,54-41-,55-43-. The fourth-order valence-electron chi connectivity index (χ4n) is 6.96. The SMILES string of the molecule is CC(C)=CCC/C(C)=C/CC/C(C)=C/CC/C(C)=C/CC/C(C)=C\CC/C(C)=C\CC/C(C)=C\CC/C(C)=C\CC/C(C)=C\CC/C(C)=C\CC/C(C)=C\COP(=O)(O)OP(=O)(O)O. The monoisotopic (exact) mass is 927 g/mol. The van der Waals surface area contributed by atoms with Crippen molar-refractivity contribution in [2.24, 2.45) is 0 Å². The van der Waals surface area contributed by atoms with E-state index >= 15 is 0 Å². The Morgan fingerprint density at radius 2 is 0.516 bits per heavy atom. The highest BCUT2D eigenvalue weighted by Gasteiger charge is 2.31. The molecule has 0 aliphatic carbocycles. The highest BCUT2D eigenvalue weighted by atomic mass is 31.3. The van der Waals surface area contributed by atoms with E-state index < -0.39 is 15.6 Å². The molecule has 0 saturated heterocycles. The molecule has 0 aliphatic rings. The van der Waals surface area contributed by atoms with Gasteiger partial charge in [0.25, 0.3) is 0 Å². The first kappa shape index (κ1) is 61.4. The second-order valence-corrected chi connectivity index (χ2v) is 21.3. The molecule has 0 rings (SSSR count). The maximum Gasteiger partial charge on any atom is 0.481 e. The third-order valence-electron chi connectivity index (χ3n) is 11.3. The predicted octanol–water partition coefficient (Wildman–Crippen LogP) is 18.4. The van der Waals surface area contributed by atoms with Crippen molar-refractivity contribution in [2.75, 3.05) is 6.61 Å². The molecule has 0 aromatic rings. The van der Waals surface area contributed by atoms with Crippen LogP contribution in [0.2, 0.25) is 0 Å². The van der Waals surface area contributed by atoms with E-state index in [0.29, 0.717) is 0 Å². The van der Waals surface area contributed by atoms with Crippen molar-refractivity contribution in [2.45, 2.75) is 212 Å². The van der Waals surface area contributed by atoms with Crippen molar-refractivity contribution < 1.29 is 32.6 Å². The van der Waals surface area contributed by atoms with Crippen LogP contribution in [0.5, 0.6) is 0 Å². The van der Waals surface area contributed by atoms with Gasteiger partial charge in [0.1, 0.15) is 0 Å². The van der Waals surface area contributed by atoms with Crippen LogP contribution in [0.15, 0.2) is 128 Å². The second-order valence-electron chi connectivity index (χ2n) is 18.5. The van der Waals surface area contributed by atoms with E-state index in [1.54, 1.807) is 6.08 Å². The van der Waals surface area contributed by atoms with Crippen molar-refractivity contribution in [3.8, 4) is 0 Å². The molecule has 0 spiro atoms. The molecule has 0 fully saturated rings. The first-order valence-corrected chi connectivity index (χ1v) is 27.0. The molecule has 364 valence electrons. The zero-order chi connectivity index (χ0) is 48.4. The van der Waals surface area contributed by atoms with Gasteiger partial charge in [-0.1, -0.05) is 128 Å². The molecule has 64 heavy (non-hydrogen) atoms. The summed E-state index contributed by atoms with van der Waals surface area (Å²) in [6.07, 6.45) is 47.2. The second kappa shape index (κ2) is 36.5. The number of phosphoric acid groups is 2. The summed E-state index contributed by atoms with van der Waals surface area (Å²) in [5.74, 6) is 0. The summed E-state index contributed by atoms with van der Waals surface area (Å²) in [6.45, 7) is 26.2. The van der Waals surface area contributed by atoms with Gasteiger partial charge in [-0.3, -0.25) is 4.52 Å². The molecule has 1 unspecified atom stereocenters. The molecule has 0 aromatic carbocycles. The number of hydrogen-bond acceptors (Lipinski definition) is 4. The van der Waals surface area contributed by atoms with Gasteiger partial charge in [-0.2, -0.15) is 4.31 Å². The zero-order valence-corrected chi connectivity index (χ0v) is 44.4. The minimum atomic E-state index is -5.11. The van der Waals surface area contributed by atoms with Gasteiger partial charge in [0.15, 0.2) is 0 Å². The van der Waals surface area contributed by atoms with Crippen LogP contribution < -0.4 is 0 Å². The highest BCUT2D eigenvalue weighted by Crippen LogP contribution is 2.57. The minimum absolute atomic E-state index is 0.274. The number of rotatable bonds is 35. The lowest BCUT2D eigenvalue weighted by Gasteiger charge is -2.11. The molecule has 1 atom stereocenters. The third-order valence-corrected chi connectivity index (χ3v) is 13.4.